The van der Waals surface area contributed by atoms with Gasteiger partial charge in [0, 0.05) is 17.4 Å². The summed E-state index contributed by atoms with van der Waals surface area (Å²) < 4.78 is 47.6. The molecule has 2 rings (SSSR count). The fraction of sp³-hybridized carbons (Fsp3) is 0.500. The van der Waals surface area contributed by atoms with E-state index in [2.05, 4.69) is 10.0 Å². The highest BCUT2D eigenvalue weighted by molar-refractivity contribution is 7.92. The second-order valence-electron chi connectivity index (χ2n) is 5.05. The lowest BCUT2D eigenvalue weighted by Crippen LogP contribution is -2.34. The molecule has 1 fully saturated rings. The molecule has 1 atom stereocenters. The van der Waals surface area contributed by atoms with Crippen LogP contribution in [-0.2, 0) is 19.9 Å². The summed E-state index contributed by atoms with van der Waals surface area (Å²) in [6.07, 6.45) is 2.59. The van der Waals surface area contributed by atoms with Crippen LogP contribution in [0.15, 0.2) is 24.3 Å². The topological polar surface area (TPSA) is 92.3 Å². The predicted octanol–water partition coefficient (Wildman–Crippen LogP) is 1.05. The van der Waals surface area contributed by atoms with Crippen LogP contribution in [-0.4, -0.2) is 40.6 Å². The minimum atomic E-state index is -3.28. The standard InChI is InChI=1S/C12H18N2O4S2/c1-19(15,16)14-11-6-4-10(5-7-11)13-12-3-2-8-20(17,18)9-12/h4-7,12-14H,2-3,8-9H2,1H3. The lowest BCUT2D eigenvalue weighted by Gasteiger charge is -2.24. The summed E-state index contributed by atoms with van der Waals surface area (Å²) >= 11 is 0. The van der Waals surface area contributed by atoms with Gasteiger partial charge in [-0.1, -0.05) is 0 Å². The van der Waals surface area contributed by atoms with Gasteiger partial charge in [-0.15, -0.1) is 0 Å². The third kappa shape index (κ3) is 4.68. The van der Waals surface area contributed by atoms with E-state index in [1.54, 1.807) is 24.3 Å². The second-order valence-corrected chi connectivity index (χ2v) is 9.03. The van der Waals surface area contributed by atoms with Gasteiger partial charge in [0.2, 0.25) is 10.0 Å². The van der Waals surface area contributed by atoms with Crippen LogP contribution in [0.2, 0.25) is 0 Å². The lowest BCUT2D eigenvalue weighted by molar-refractivity contribution is 0.562. The molecule has 8 heteroatoms. The summed E-state index contributed by atoms with van der Waals surface area (Å²) in [4.78, 5) is 0. The van der Waals surface area contributed by atoms with Crippen molar-refractivity contribution in [2.45, 2.75) is 18.9 Å². The van der Waals surface area contributed by atoms with Crippen LogP contribution in [0.5, 0.6) is 0 Å². The third-order valence-corrected chi connectivity index (χ3v) is 5.45. The summed E-state index contributed by atoms with van der Waals surface area (Å²) in [6.45, 7) is 0. The summed E-state index contributed by atoms with van der Waals surface area (Å²) in [6, 6.07) is 6.66. The van der Waals surface area contributed by atoms with Gasteiger partial charge in [-0.3, -0.25) is 4.72 Å². The average Bonchev–Trinajstić information content (AvgIpc) is 2.28. The number of nitrogens with one attached hydrogen (secondary N) is 2. The van der Waals surface area contributed by atoms with Gasteiger partial charge in [-0.05, 0) is 37.1 Å². The van der Waals surface area contributed by atoms with Crippen LogP contribution in [0.3, 0.4) is 0 Å². The van der Waals surface area contributed by atoms with Crippen molar-refractivity contribution in [2.24, 2.45) is 0 Å². The van der Waals surface area contributed by atoms with Crippen molar-refractivity contribution < 1.29 is 16.8 Å². The summed E-state index contributed by atoms with van der Waals surface area (Å²) in [5.41, 5.74) is 1.26. The van der Waals surface area contributed by atoms with E-state index in [4.69, 9.17) is 0 Å². The van der Waals surface area contributed by atoms with Gasteiger partial charge in [-0.2, -0.15) is 0 Å². The van der Waals surface area contributed by atoms with Crippen LogP contribution < -0.4 is 10.0 Å². The largest absolute Gasteiger partial charge is 0.381 e. The highest BCUT2D eigenvalue weighted by Gasteiger charge is 2.24. The normalized spacial score (nSPS) is 22.1. The first-order valence-corrected chi connectivity index (χ1v) is 10.00. The van der Waals surface area contributed by atoms with Crippen LogP contribution >= 0.6 is 0 Å². The van der Waals surface area contributed by atoms with Crippen molar-refractivity contribution in [2.75, 3.05) is 27.8 Å². The molecular weight excluding hydrogens is 300 g/mol. The Hall–Kier alpha value is -1.28. The van der Waals surface area contributed by atoms with Gasteiger partial charge >= 0.3 is 0 Å². The summed E-state index contributed by atoms with van der Waals surface area (Å²) in [7, 11) is -6.22. The van der Waals surface area contributed by atoms with Crippen molar-refractivity contribution in [3.63, 3.8) is 0 Å². The van der Waals surface area contributed by atoms with E-state index in [1.807, 2.05) is 0 Å². The van der Waals surface area contributed by atoms with E-state index in [0.717, 1.165) is 18.4 Å². The van der Waals surface area contributed by atoms with Gasteiger partial charge < -0.3 is 5.32 Å². The maximum absolute atomic E-state index is 11.5. The molecule has 0 aromatic heterocycles. The van der Waals surface area contributed by atoms with Crippen LogP contribution in [0.25, 0.3) is 0 Å². The second kappa shape index (κ2) is 5.61. The Morgan fingerprint density at radius 3 is 2.30 bits per heavy atom. The first-order chi connectivity index (χ1) is 9.23. The molecule has 0 bridgehead atoms. The molecule has 1 aliphatic heterocycles. The zero-order valence-corrected chi connectivity index (χ0v) is 12.8. The highest BCUT2D eigenvalue weighted by atomic mass is 32.2. The van der Waals surface area contributed by atoms with E-state index in [0.29, 0.717) is 12.1 Å². The maximum Gasteiger partial charge on any atom is 0.229 e. The Kier molecular flexibility index (Phi) is 4.24. The van der Waals surface area contributed by atoms with E-state index in [9.17, 15) is 16.8 Å². The molecule has 1 heterocycles. The lowest BCUT2D eigenvalue weighted by atomic mass is 10.1. The molecule has 1 aliphatic rings. The number of sulfonamides is 1. The van der Waals surface area contributed by atoms with Crippen LogP contribution in [0.1, 0.15) is 12.8 Å². The number of hydrogen-bond donors (Lipinski definition) is 2. The number of rotatable bonds is 4. The van der Waals surface area contributed by atoms with Crippen molar-refractivity contribution in [1.29, 1.82) is 0 Å². The monoisotopic (exact) mass is 318 g/mol. The first-order valence-electron chi connectivity index (χ1n) is 6.28. The SMILES string of the molecule is CS(=O)(=O)Nc1ccc(NC2CCCS(=O)(=O)C2)cc1. The molecular formula is C12H18N2O4S2. The highest BCUT2D eigenvalue weighted by Crippen LogP contribution is 2.19. The molecule has 1 aromatic carbocycles. The van der Waals surface area contributed by atoms with Crippen LogP contribution in [0.4, 0.5) is 11.4 Å². The molecule has 0 spiro atoms. The van der Waals surface area contributed by atoms with E-state index >= 15 is 0 Å². The predicted molar refractivity (Wildman–Crippen MR) is 80.2 cm³/mol. The van der Waals surface area contributed by atoms with Crippen molar-refractivity contribution in [1.82, 2.24) is 0 Å². The zero-order valence-electron chi connectivity index (χ0n) is 11.2. The minimum absolute atomic E-state index is 0.0810. The molecule has 112 valence electrons. The molecule has 0 amide bonds. The van der Waals surface area contributed by atoms with Gasteiger partial charge in [0.15, 0.2) is 9.84 Å². The number of benzene rings is 1. The molecule has 20 heavy (non-hydrogen) atoms. The van der Waals surface area contributed by atoms with Crippen molar-refractivity contribution in [3.8, 4) is 0 Å². The third-order valence-electron chi connectivity index (χ3n) is 3.02. The molecule has 1 unspecified atom stereocenters. The molecule has 0 saturated carbocycles. The number of sulfone groups is 1. The van der Waals surface area contributed by atoms with Gasteiger partial charge in [-0.25, -0.2) is 16.8 Å². The molecule has 2 N–H and O–H groups in total. The molecule has 6 nitrogen and oxygen atoms in total. The fourth-order valence-electron chi connectivity index (χ4n) is 2.22. The van der Waals surface area contributed by atoms with Gasteiger partial charge in [0.25, 0.3) is 0 Å². The number of hydrogen-bond acceptors (Lipinski definition) is 5. The van der Waals surface area contributed by atoms with E-state index < -0.39 is 19.9 Å². The summed E-state index contributed by atoms with van der Waals surface area (Å²) in [5.74, 6) is 0.415. The molecule has 0 radical (unpaired) electrons. The van der Waals surface area contributed by atoms with Crippen molar-refractivity contribution in [3.05, 3.63) is 24.3 Å². The molecule has 1 aromatic rings. The van der Waals surface area contributed by atoms with Gasteiger partial charge in [0.1, 0.15) is 0 Å². The minimum Gasteiger partial charge on any atom is -0.381 e. The molecule has 1 saturated heterocycles. The van der Waals surface area contributed by atoms with Crippen LogP contribution in [0, 0.1) is 0 Å². The number of anilines is 2. The Labute approximate surface area is 119 Å². The average molecular weight is 318 g/mol. The Bertz CT molecular complexity index is 666. The van der Waals surface area contributed by atoms with Gasteiger partial charge in [0.05, 0.1) is 17.8 Å². The molecule has 0 aliphatic carbocycles. The quantitative estimate of drug-likeness (QED) is 0.865. The smallest absolute Gasteiger partial charge is 0.229 e. The Balaban J connectivity index is 2.00. The van der Waals surface area contributed by atoms with Crippen molar-refractivity contribution >= 4 is 31.2 Å². The maximum atomic E-state index is 11.5. The zero-order chi connectivity index (χ0) is 14.8. The summed E-state index contributed by atoms with van der Waals surface area (Å²) in [5, 5.41) is 3.17. The fourth-order valence-corrected chi connectivity index (χ4v) is 4.42. The Morgan fingerprint density at radius 2 is 1.75 bits per heavy atom. The van der Waals surface area contributed by atoms with E-state index in [-0.39, 0.29) is 17.5 Å². The Morgan fingerprint density at radius 1 is 1.15 bits per heavy atom. The first kappa shape index (κ1) is 15.1. The van der Waals surface area contributed by atoms with E-state index in [1.165, 1.54) is 0 Å².